The van der Waals surface area contributed by atoms with Gasteiger partial charge in [0.15, 0.2) is 0 Å². The molecule has 1 heterocycles. The summed E-state index contributed by atoms with van der Waals surface area (Å²) in [6.45, 7) is 0. The van der Waals surface area contributed by atoms with E-state index in [0.717, 1.165) is 5.56 Å². The SMILES string of the molecule is O=C(N=[S-](=O)C1C=CC=CC1)c1cncc(-c2cccc(O)c2)c1. The third-order valence-electron chi connectivity index (χ3n) is 3.54. The third kappa shape index (κ3) is 3.78. The standard InChI is InChI=1S/C18H15N2O3S/c21-16-6-4-5-13(10-16)14-9-15(12-19-11-14)18(22)20-24(23)17-7-2-1-3-8-17/h1-7,9-12,17,21H,8H2/q-1. The average Bonchev–Trinajstić information content (AvgIpc) is 2.62. The Kier molecular flexibility index (Phi) is 4.86. The van der Waals surface area contributed by atoms with Gasteiger partial charge in [-0.05, 0) is 30.2 Å². The van der Waals surface area contributed by atoms with Gasteiger partial charge in [0.1, 0.15) is 5.75 Å². The number of hydrogen-bond acceptors (Lipinski definition) is 5. The fraction of sp³-hybridized carbons (Fsp3) is 0.111. The first-order valence-electron chi connectivity index (χ1n) is 7.38. The van der Waals surface area contributed by atoms with Crippen LogP contribution >= 0.6 is 0 Å². The maximum atomic E-state index is 12.3. The molecule has 1 aromatic heterocycles. The van der Waals surface area contributed by atoms with Crippen LogP contribution in [0.1, 0.15) is 16.8 Å². The number of aromatic hydroxyl groups is 1. The number of allylic oxidation sites excluding steroid dienone is 3. The Bertz CT molecular complexity index is 912. The van der Waals surface area contributed by atoms with Gasteiger partial charge in [0.25, 0.3) is 5.91 Å². The molecule has 0 aliphatic heterocycles. The maximum Gasteiger partial charge on any atom is 0.255 e. The number of benzene rings is 1. The lowest BCUT2D eigenvalue weighted by molar-refractivity contribution is 0.100. The van der Waals surface area contributed by atoms with Crippen LogP contribution in [0, 0.1) is 0 Å². The lowest BCUT2D eigenvalue weighted by Crippen LogP contribution is -2.08. The molecule has 0 saturated heterocycles. The minimum absolute atomic E-state index is 0.132. The highest BCUT2D eigenvalue weighted by molar-refractivity contribution is 7.76. The van der Waals surface area contributed by atoms with Crippen LogP contribution in [0.15, 0.2) is 71.4 Å². The van der Waals surface area contributed by atoms with E-state index in [0.29, 0.717) is 12.0 Å². The van der Waals surface area contributed by atoms with E-state index >= 15 is 0 Å². The van der Waals surface area contributed by atoms with Crippen molar-refractivity contribution in [2.75, 3.05) is 0 Å². The van der Waals surface area contributed by atoms with Crippen molar-refractivity contribution >= 4 is 16.5 Å². The Balaban J connectivity index is 1.86. The Labute approximate surface area is 141 Å². The highest BCUT2D eigenvalue weighted by atomic mass is 32.2. The molecule has 1 aliphatic carbocycles. The first-order chi connectivity index (χ1) is 11.6. The first kappa shape index (κ1) is 16.1. The van der Waals surface area contributed by atoms with Gasteiger partial charge in [0.2, 0.25) is 0 Å². The lowest BCUT2D eigenvalue weighted by Gasteiger charge is -2.15. The number of aromatic nitrogens is 1. The number of rotatable bonds is 3. The number of carbonyl (C=O) groups excluding carboxylic acids is 1. The Hall–Kier alpha value is -2.73. The van der Waals surface area contributed by atoms with Gasteiger partial charge in [-0.25, -0.2) is 0 Å². The number of nitrogens with zero attached hydrogens (tertiary/aromatic N) is 2. The van der Waals surface area contributed by atoms with Gasteiger partial charge in [0, 0.05) is 18.0 Å². The zero-order valence-electron chi connectivity index (χ0n) is 12.7. The Morgan fingerprint density at radius 2 is 2.08 bits per heavy atom. The summed E-state index contributed by atoms with van der Waals surface area (Å²) in [4.78, 5) is 16.3. The molecule has 122 valence electrons. The highest BCUT2D eigenvalue weighted by Gasteiger charge is 2.07. The van der Waals surface area contributed by atoms with Crippen LogP contribution in [0.2, 0.25) is 0 Å². The van der Waals surface area contributed by atoms with Crippen LogP contribution in [0.5, 0.6) is 5.75 Å². The second-order valence-electron chi connectivity index (χ2n) is 5.27. The highest BCUT2D eigenvalue weighted by Crippen LogP contribution is 2.23. The summed E-state index contributed by atoms with van der Waals surface area (Å²) in [7, 11) is -1.62. The van der Waals surface area contributed by atoms with Gasteiger partial charge in [-0.1, -0.05) is 41.7 Å². The molecule has 5 nitrogen and oxygen atoms in total. The first-order valence-corrected chi connectivity index (χ1v) is 8.55. The van der Waals surface area contributed by atoms with E-state index in [9.17, 15) is 14.1 Å². The molecule has 1 unspecified atom stereocenters. The maximum absolute atomic E-state index is 12.3. The van der Waals surface area contributed by atoms with E-state index in [-0.39, 0.29) is 16.6 Å². The predicted molar refractivity (Wildman–Crippen MR) is 92.8 cm³/mol. The fourth-order valence-electron chi connectivity index (χ4n) is 2.31. The lowest BCUT2D eigenvalue weighted by atomic mass is 10.1. The molecule has 1 aromatic carbocycles. The van der Waals surface area contributed by atoms with Crippen LogP contribution in [0.25, 0.3) is 11.1 Å². The minimum atomic E-state index is -1.62. The van der Waals surface area contributed by atoms with Crippen molar-refractivity contribution in [3.05, 3.63) is 72.6 Å². The normalized spacial score (nSPS) is 17.8. The monoisotopic (exact) mass is 339 g/mol. The number of phenolic OH excluding ortho intramolecular Hbond substituents is 1. The summed E-state index contributed by atoms with van der Waals surface area (Å²) >= 11 is 0. The molecule has 0 radical (unpaired) electrons. The van der Waals surface area contributed by atoms with Crippen LogP contribution in [-0.2, 0) is 14.8 Å². The van der Waals surface area contributed by atoms with Crippen LogP contribution in [0.3, 0.4) is 0 Å². The van der Waals surface area contributed by atoms with Gasteiger partial charge < -0.3 is 13.7 Å². The van der Waals surface area contributed by atoms with Crippen LogP contribution in [0.4, 0.5) is 0 Å². The molecule has 1 atom stereocenters. The molecule has 1 N–H and O–H groups in total. The van der Waals surface area contributed by atoms with Crippen molar-refractivity contribution in [2.24, 2.45) is 4.36 Å². The van der Waals surface area contributed by atoms with Gasteiger partial charge in [-0.15, -0.1) is 0 Å². The van der Waals surface area contributed by atoms with Crippen molar-refractivity contribution in [3.63, 3.8) is 0 Å². The molecule has 0 saturated carbocycles. The number of hydrogen-bond donors (Lipinski definition) is 1. The van der Waals surface area contributed by atoms with Crippen molar-refractivity contribution < 1.29 is 14.1 Å². The fourth-order valence-corrected chi connectivity index (χ4v) is 3.21. The Morgan fingerprint density at radius 1 is 1.21 bits per heavy atom. The zero-order chi connectivity index (χ0) is 16.9. The zero-order valence-corrected chi connectivity index (χ0v) is 13.5. The van der Waals surface area contributed by atoms with Gasteiger partial charge in [-0.2, -0.15) is 10.6 Å². The molecule has 3 rings (SSSR count). The quantitative estimate of drug-likeness (QED) is 0.866. The van der Waals surface area contributed by atoms with Crippen LogP contribution in [-0.4, -0.2) is 21.2 Å². The summed E-state index contributed by atoms with van der Waals surface area (Å²) in [6, 6.07) is 8.29. The van der Waals surface area contributed by atoms with Gasteiger partial charge >= 0.3 is 0 Å². The summed E-state index contributed by atoms with van der Waals surface area (Å²) in [5.74, 6) is -0.432. The Morgan fingerprint density at radius 3 is 2.83 bits per heavy atom. The molecule has 0 bridgehead atoms. The summed E-state index contributed by atoms with van der Waals surface area (Å²) in [5, 5.41) is 9.28. The van der Waals surface area contributed by atoms with E-state index in [1.54, 1.807) is 48.7 Å². The van der Waals surface area contributed by atoms with Crippen molar-refractivity contribution in [1.82, 2.24) is 4.98 Å². The summed E-state index contributed by atoms with van der Waals surface area (Å²) in [5.41, 5.74) is 1.68. The van der Waals surface area contributed by atoms with Crippen molar-refractivity contribution in [1.29, 1.82) is 0 Å². The van der Waals surface area contributed by atoms with E-state index in [2.05, 4.69) is 9.35 Å². The van der Waals surface area contributed by atoms with E-state index in [1.807, 2.05) is 12.2 Å². The summed E-state index contributed by atoms with van der Waals surface area (Å²) < 4.78 is 15.9. The largest absolute Gasteiger partial charge is 0.508 e. The molecule has 1 amide bonds. The molecule has 0 spiro atoms. The number of pyridine rings is 1. The second kappa shape index (κ2) is 7.23. The third-order valence-corrected chi connectivity index (χ3v) is 4.75. The molecule has 0 fully saturated rings. The van der Waals surface area contributed by atoms with E-state index in [4.69, 9.17) is 0 Å². The molecule has 24 heavy (non-hydrogen) atoms. The minimum Gasteiger partial charge on any atom is -0.508 e. The van der Waals surface area contributed by atoms with Crippen LogP contribution < -0.4 is 0 Å². The summed E-state index contributed by atoms with van der Waals surface area (Å²) in [6.07, 6.45) is 10.9. The van der Waals surface area contributed by atoms with Gasteiger partial charge in [-0.3, -0.25) is 9.78 Å². The molecule has 6 heteroatoms. The van der Waals surface area contributed by atoms with E-state index in [1.165, 1.54) is 6.20 Å². The molecule has 1 aliphatic rings. The molecular formula is C18H15N2O3S-. The van der Waals surface area contributed by atoms with Crippen molar-refractivity contribution in [2.45, 2.75) is 11.7 Å². The van der Waals surface area contributed by atoms with Crippen molar-refractivity contribution in [3.8, 4) is 16.9 Å². The second-order valence-corrected chi connectivity index (χ2v) is 6.61. The smallest absolute Gasteiger partial charge is 0.255 e. The van der Waals surface area contributed by atoms with Gasteiger partial charge in [0.05, 0.1) is 5.56 Å². The molecular weight excluding hydrogens is 324 g/mol. The number of carbonyl (C=O) groups is 1. The molecule has 2 aromatic rings. The number of phenols is 1. The topological polar surface area (TPSA) is 79.6 Å². The number of amides is 1. The van der Waals surface area contributed by atoms with E-state index < -0.39 is 16.5 Å². The average molecular weight is 339 g/mol. The predicted octanol–water partition coefficient (Wildman–Crippen LogP) is 3.63.